The molecule has 136 valence electrons. The predicted molar refractivity (Wildman–Crippen MR) is 110 cm³/mol. The van der Waals surface area contributed by atoms with Crippen molar-refractivity contribution in [1.29, 1.82) is 0 Å². The summed E-state index contributed by atoms with van der Waals surface area (Å²) in [6.45, 7) is 1.99. The third kappa shape index (κ3) is 3.94. The minimum absolute atomic E-state index is 0.0410. The van der Waals surface area contributed by atoms with Gasteiger partial charge in [-0.2, -0.15) is 0 Å². The maximum absolute atomic E-state index is 10.6. The second kappa shape index (κ2) is 7.80. The molecule has 5 nitrogen and oxygen atoms in total. The van der Waals surface area contributed by atoms with E-state index in [1.807, 2.05) is 73.8 Å². The SMILES string of the molecule is Cc1ccc(-c2cccc(/C=C(\O)c3cccc(-c4ccccn4)n3)n2)nc1. The first-order valence-corrected chi connectivity index (χ1v) is 8.89. The van der Waals surface area contributed by atoms with E-state index >= 15 is 0 Å². The Morgan fingerprint density at radius 2 is 1.50 bits per heavy atom. The summed E-state index contributed by atoms with van der Waals surface area (Å²) in [6, 6.07) is 20.6. The topological polar surface area (TPSA) is 71.8 Å². The van der Waals surface area contributed by atoms with Gasteiger partial charge in [-0.1, -0.05) is 24.3 Å². The highest BCUT2D eigenvalue weighted by atomic mass is 16.3. The van der Waals surface area contributed by atoms with Gasteiger partial charge in [-0.25, -0.2) is 9.97 Å². The van der Waals surface area contributed by atoms with Crippen molar-refractivity contribution in [2.24, 2.45) is 0 Å². The summed E-state index contributed by atoms with van der Waals surface area (Å²) in [5, 5.41) is 10.6. The first kappa shape index (κ1) is 17.5. The largest absolute Gasteiger partial charge is 0.506 e. The molecule has 0 saturated carbocycles. The van der Waals surface area contributed by atoms with Crippen molar-refractivity contribution in [3.05, 3.63) is 96.1 Å². The Morgan fingerprint density at radius 1 is 0.750 bits per heavy atom. The van der Waals surface area contributed by atoms with E-state index in [0.717, 1.165) is 22.6 Å². The average Bonchev–Trinajstić information content (AvgIpc) is 2.75. The van der Waals surface area contributed by atoms with Crippen LogP contribution in [0.3, 0.4) is 0 Å². The van der Waals surface area contributed by atoms with Crippen LogP contribution in [0, 0.1) is 6.92 Å². The average molecular weight is 366 g/mol. The van der Waals surface area contributed by atoms with E-state index in [1.54, 1.807) is 18.3 Å². The fraction of sp³-hybridized carbons (Fsp3) is 0.0435. The van der Waals surface area contributed by atoms with E-state index in [0.29, 0.717) is 17.1 Å². The Labute approximate surface area is 163 Å². The fourth-order valence-electron chi connectivity index (χ4n) is 2.74. The van der Waals surface area contributed by atoms with Crippen LogP contribution in [0.5, 0.6) is 0 Å². The minimum Gasteiger partial charge on any atom is -0.506 e. The van der Waals surface area contributed by atoms with Gasteiger partial charge in [-0.15, -0.1) is 0 Å². The molecule has 0 aliphatic rings. The van der Waals surface area contributed by atoms with Crippen LogP contribution in [0.2, 0.25) is 0 Å². The molecule has 0 bridgehead atoms. The van der Waals surface area contributed by atoms with Crippen molar-refractivity contribution in [2.45, 2.75) is 6.92 Å². The third-order valence-electron chi connectivity index (χ3n) is 4.17. The van der Waals surface area contributed by atoms with Crippen LogP contribution in [0.25, 0.3) is 34.6 Å². The highest BCUT2D eigenvalue weighted by Gasteiger charge is 2.07. The molecule has 4 rings (SSSR count). The van der Waals surface area contributed by atoms with E-state index in [2.05, 4.69) is 19.9 Å². The van der Waals surface area contributed by atoms with Gasteiger partial charge in [-0.05, 0) is 55.0 Å². The van der Waals surface area contributed by atoms with Gasteiger partial charge in [0.05, 0.1) is 28.5 Å². The number of nitrogens with zero attached hydrogens (tertiary/aromatic N) is 4. The van der Waals surface area contributed by atoms with Crippen LogP contribution < -0.4 is 0 Å². The first-order valence-electron chi connectivity index (χ1n) is 8.89. The van der Waals surface area contributed by atoms with Crippen molar-refractivity contribution in [2.75, 3.05) is 0 Å². The molecule has 0 aliphatic heterocycles. The van der Waals surface area contributed by atoms with Gasteiger partial charge in [0.25, 0.3) is 0 Å². The molecule has 0 atom stereocenters. The summed E-state index contributed by atoms with van der Waals surface area (Å²) in [5.41, 5.74) is 5.17. The van der Waals surface area contributed by atoms with Crippen molar-refractivity contribution in [1.82, 2.24) is 19.9 Å². The van der Waals surface area contributed by atoms with E-state index in [-0.39, 0.29) is 5.76 Å². The van der Waals surface area contributed by atoms with Crippen LogP contribution in [0.15, 0.2) is 79.1 Å². The second-order valence-corrected chi connectivity index (χ2v) is 6.32. The molecule has 0 unspecified atom stereocenters. The predicted octanol–water partition coefficient (Wildman–Crippen LogP) is 4.97. The maximum atomic E-state index is 10.6. The standard InChI is InChI=1S/C23H18N4O/c1-16-11-12-19(25-15-16)20-8-4-6-17(26-20)14-23(28)22-10-5-9-21(27-22)18-7-2-3-13-24-18/h2-15,28H,1H3/b23-14-. The van der Waals surface area contributed by atoms with Crippen LogP contribution in [-0.2, 0) is 0 Å². The molecule has 4 aromatic heterocycles. The van der Waals surface area contributed by atoms with Crippen LogP contribution in [0.1, 0.15) is 17.0 Å². The normalized spacial score (nSPS) is 11.4. The number of hydrogen-bond donors (Lipinski definition) is 1. The Bertz CT molecular complexity index is 1120. The monoisotopic (exact) mass is 366 g/mol. The number of pyridine rings is 4. The lowest BCUT2D eigenvalue weighted by Crippen LogP contribution is -1.94. The zero-order valence-corrected chi connectivity index (χ0v) is 15.3. The van der Waals surface area contributed by atoms with Gasteiger partial charge in [0, 0.05) is 18.5 Å². The number of aryl methyl sites for hydroxylation is 1. The lowest BCUT2D eigenvalue weighted by atomic mass is 10.2. The molecule has 0 amide bonds. The molecule has 28 heavy (non-hydrogen) atoms. The van der Waals surface area contributed by atoms with E-state index in [9.17, 15) is 5.11 Å². The Hall–Kier alpha value is -3.86. The van der Waals surface area contributed by atoms with Crippen LogP contribution in [-0.4, -0.2) is 25.0 Å². The van der Waals surface area contributed by atoms with Gasteiger partial charge < -0.3 is 5.11 Å². The summed E-state index contributed by atoms with van der Waals surface area (Å²) in [6.07, 6.45) is 5.13. The van der Waals surface area contributed by atoms with Gasteiger partial charge in [0.2, 0.25) is 0 Å². The number of rotatable bonds is 4. The number of hydrogen-bond acceptors (Lipinski definition) is 5. The molecule has 0 aliphatic carbocycles. The quantitative estimate of drug-likeness (QED) is 0.517. The summed E-state index contributed by atoms with van der Waals surface area (Å²) >= 11 is 0. The zero-order valence-electron chi connectivity index (χ0n) is 15.3. The van der Waals surface area contributed by atoms with E-state index in [1.165, 1.54) is 0 Å². The molecular formula is C23H18N4O. The highest BCUT2D eigenvalue weighted by Crippen LogP contribution is 2.20. The van der Waals surface area contributed by atoms with Crippen molar-refractivity contribution in [3.8, 4) is 22.8 Å². The maximum Gasteiger partial charge on any atom is 0.143 e. The number of aromatic nitrogens is 4. The molecule has 5 heteroatoms. The Balaban J connectivity index is 1.64. The van der Waals surface area contributed by atoms with Crippen molar-refractivity contribution < 1.29 is 5.11 Å². The third-order valence-corrected chi connectivity index (χ3v) is 4.17. The van der Waals surface area contributed by atoms with Gasteiger partial charge >= 0.3 is 0 Å². The molecule has 0 aromatic carbocycles. The number of aliphatic hydroxyl groups excluding tert-OH is 1. The lowest BCUT2D eigenvalue weighted by molar-refractivity contribution is 0.512. The molecule has 1 N–H and O–H groups in total. The van der Waals surface area contributed by atoms with Crippen molar-refractivity contribution in [3.63, 3.8) is 0 Å². The summed E-state index contributed by atoms with van der Waals surface area (Å²) < 4.78 is 0. The fourth-order valence-corrected chi connectivity index (χ4v) is 2.74. The lowest BCUT2D eigenvalue weighted by Gasteiger charge is -2.05. The van der Waals surface area contributed by atoms with E-state index in [4.69, 9.17) is 0 Å². The molecule has 4 heterocycles. The highest BCUT2D eigenvalue weighted by molar-refractivity contribution is 5.75. The van der Waals surface area contributed by atoms with Crippen molar-refractivity contribution >= 4 is 11.8 Å². The minimum atomic E-state index is 0.0410. The van der Waals surface area contributed by atoms with Gasteiger partial charge in [0.15, 0.2) is 0 Å². The molecule has 0 saturated heterocycles. The summed E-state index contributed by atoms with van der Waals surface area (Å²) in [7, 11) is 0. The van der Waals surface area contributed by atoms with Gasteiger partial charge in [0.1, 0.15) is 11.5 Å². The Morgan fingerprint density at radius 3 is 2.25 bits per heavy atom. The van der Waals surface area contributed by atoms with Crippen LogP contribution >= 0.6 is 0 Å². The van der Waals surface area contributed by atoms with Crippen LogP contribution in [0.4, 0.5) is 0 Å². The van der Waals surface area contributed by atoms with E-state index < -0.39 is 0 Å². The molecule has 0 radical (unpaired) electrons. The number of aliphatic hydroxyl groups is 1. The zero-order chi connectivity index (χ0) is 19.3. The second-order valence-electron chi connectivity index (χ2n) is 6.32. The summed E-state index contributed by atoms with van der Waals surface area (Å²) in [4.78, 5) is 17.8. The molecule has 0 spiro atoms. The summed E-state index contributed by atoms with van der Waals surface area (Å²) in [5.74, 6) is 0.0410. The molecule has 0 fully saturated rings. The molecule has 4 aromatic rings. The molecular weight excluding hydrogens is 348 g/mol. The smallest absolute Gasteiger partial charge is 0.143 e. The van der Waals surface area contributed by atoms with Gasteiger partial charge in [-0.3, -0.25) is 9.97 Å². The Kier molecular flexibility index (Phi) is 4.89. The first-order chi connectivity index (χ1) is 13.7.